The summed E-state index contributed by atoms with van der Waals surface area (Å²) in [5.74, 6) is -1.58. The number of nitrogens with one attached hydrogen (secondary N) is 3. The van der Waals surface area contributed by atoms with E-state index in [1.807, 2.05) is 0 Å². The maximum atomic E-state index is 13.3. The Bertz CT molecular complexity index is 1010. The highest BCUT2D eigenvalue weighted by Crippen LogP contribution is 2.14. The largest absolute Gasteiger partial charge is 0.490 e. The average molecular weight is 581 g/mol. The van der Waals surface area contributed by atoms with Crippen molar-refractivity contribution in [2.75, 3.05) is 20.3 Å². The Labute approximate surface area is 241 Å². The lowest BCUT2D eigenvalue weighted by Gasteiger charge is -2.24. The van der Waals surface area contributed by atoms with E-state index in [-0.39, 0.29) is 37.6 Å². The zero-order valence-electron chi connectivity index (χ0n) is 23.0. The van der Waals surface area contributed by atoms with Crippen molar-refractivity contribution in [2.45, 2.75) is 57.2 Å². The van der Waals surface area contributed by atoms with Gasteiger partial charge in [-0.1, -0.05) is 30.9 Å². The molecule has 0 heterocycles. The lowest BCUT2D eigenvalue weighted by molar-refractivity contribution is -0.145. The van der Waals surface area contributed by atoms with Gasteiger partial charge in [0, 0.05) is 19.9 Å². The van der Waals surface area contributed by atoms with Gasteiger partial charge in [-0.3, -0.25) is 19.4 Å². The molecular weight excluding hydrogens is 540 g/mol. The number of unbranched alkanes of at least 4 members (excludes halogenated alkanes) is 1. The molecule has 1 aromatic carbocycles. The topological polar surface area (TPSA) is 187 Å². The van der Waals surface area contributed by atoms with Crippen LogP contribution >= 0.6 is 12.4 Å². The fourth-order valence-corrected chi connectivity index (χ4v) is 3.57. The summed E-state index contributed by atoms with van der Waals surface area (Å²) in [4.78, 5) is 54.3. The van der Waals surface area contributed by atoms with Crippen molar-refractivity contribution in [2.24, 2.45) is 16.5 Å². The van der Waals surface area contributed by atoms with Gasteiger partial charge < -0.3 is 36.9 Å². The minimum Gasteiger partial charge on any atom is -0.490 e. The molecule has 13 heteroatoms. The quantitative estimate of drug-likeness (QED) is 0.0556. The van der Waals surface area contributed by atoms with Crippen LogP contribution in [0.5, 0.6) is 5.75 Å². The molecule has 3 amide bonds. The van der Waals surface area contributed by atoms with Gasteiger partial charge >= 0.3 is 5.97 Å². The Balaban J connectivity index is 0.0000152. The molecule has 0 saturated carbocycles. The summed E-state index contributed by atoms with van der Waals surface area (Å²) in [6.07, 6.45) is 4.71. The van der Waals surface area contributed by atoms with Crippen molar-refractivity contribution in [3.05, 3.63) is 55.1 Å². The number of rotatable bonds is 18. The number of nitrogens with two attached hydrogens (primary N) is 2. The molecule has 0 aliphatic carbocycles. The van der Waals surface area contributed by atoms with Crippen molar-refractivity contribution in [3.8, 4) is 5.75 Å². The van der Waals surface area contributed by atoms with E-state index in [9.17, 15) is 19.2 Å². The first-order valence-electron chi connectivity index (χ1n) is 12.6. The van der Waals surface area contributed by atoms with Gasteiger partial charge in [-0.05, 0) is 43.4 Å². The van der Waals surface area contributed by atoms with Crippen LogP contribution in [0, 0.1) is 0 Å². The number of nitrogens with zero attached hydrogens (tertiary/aromatic N) is 1. The van der Waals surface area contributed by atoms with Crippen molar-refractivity contribution in [1.29, 1.82) is 0 Å². The number of carbonyl (C=O) groups excluding carboxylic acids is 4. The Morgan fingerprint density at radius 1 is 0.950 bits per heavy atom. The molecule has 0 aliphatic heterocycles. The summed E-state index contributed by atoms with van der Waals surface area (Å²) in [6, 6.07) is 4.15. The van der Waals surface area contributed by atoms with Gasteiger partial charge in [0.25, 0.3) is 0 Å². The van der Waals surface area contributed by atoms with Crippen LogP contribution in [0.3, 0.4) is 0 Å². The van der Waals surface area contributed by atoms with E-state index < -0.39 is 41.8 Å². The fraction of sp³-hybridized carbons (Fsp3) is 0.444. The van der Waals surface area contributed by atoms with Crippen molar-refractivity contribution in [3.63, 3.8) is 0 Å². The summed E-state index contributed by atoms with van der Waals surface area (Å²) in [7, 11) is 1.21. The number of hydrogen-bond acceptors (Lipinski definition) is 7. The van der Waals surface area contributed by atoms with Gasteiger partial charge in [-0.15, -0.1) is 19.0 Å². The molecule has 0 fully saturated rings. The minimum atomic E-state index is -1.00. The second-order valence-electron chi connectivity index (χ2n) is 8.67. The summed E-state index contributed by atoms with van der Waals surface area (Å²) in [5, 5.41) is 7.97. The van der Waals surface area contributed by atoms with E-state index in [0.717, 1.165) is 5.56 Å². The molecule has 3 atom stereocenters. The van der Waals surface area contributed by atoms with Crippen LogP contribution < -0.4 is 32.2 Å². The third-order valence-electron chi connectivity index (χ3n) is 5.46. The molecule has 0 aromatic heterocycles. The molecule has 0 bridgehead atoms. The molecule has 222 valence electrons. The number of benzene rings is 1. The van der Waals surface area contributed by atoms with Crippen LogP contribution in [0.25, 0.3) is 0 Å². The third-order valence-corrected chi connectivity index (χ3v) is 5.46. The highest BCUT2D eigenvalue weighted by molar-refractivity contribution is 5.93. The predicted octanol–water partition coefficient (Wildman–Crippen LogP) is 0.883. The van der Waals surface area contributed by atoms with Crippen LogP contribution in [0.2, 0.25) is 0 Å². The highest BCUT2D eigenvalue weighted by Gasteiger charge is 2.29. The lowest BCUT2D eigenvalue weighted by Crippen LogP contribution is -2.56. The molecule has 1 rings (SSSR count). The molecule has 0 aliphatic rings. The molecule has 0 saturated heterocycles. The monoisotopic (exact) mass is 580 g/mol. The number of guanidine groups is 1. The Morgan fingerprint density at radius 3 is 2.12 bits per heavy atom. The first-order valence-corrected chi connectivity index (χ1v) is 12.6. The number of ether oxygens (including phenoxy) is 2. The maximum Gasteiger partial charge on any atom is 0.328 e. The SMILES string of the molecule is C=CCOc1ccc(C[C@H](NC(C)=O)C(=O)N[C@H](CCCCN=C(N)N)C(=O)N[C@@H](CC=C)C(=O)OC)cc1.Cl. The van der Waals surface area contributed by atoms with E-state index in [4.69, 9.17) is 20.9 Å². The summed E-state index contributed by atoms with van der Waals surface area (Å²) < 4.78 is 10.2. The first-order chi connectivity index (χ1) is 18.6. The first kappa shape index (κ1) is 35.9. The molecular formula is C27H41ClN6O6. The van der Waals surface area contributed by atoms with Gasteiger partial charge in [0.1, 0.15) is 30.5 Å². The Kier molecular flexibility index (Phi) is 17.9. The van der Waals surface area contributed by atoms with E-state index in [0.29, 0.717) is 31.7 Å². The number of amides is 3. The van der Waals surface area contributed by atoms with Crippen molar-refractivity contribution >= 4 is 42.1 Å². The molecule has 0 spiro atoms. The zero-order chi connectivity index (χ0) is 29.2. The minimum absolute atomic E-state index is 0. The van der Waals surface area contributed by atoms with E-state index in [1.54, 1.807) is 30.3 Å². The third kappa shape index (κ3) is 14.2. The van der Waals surface area contributed by atoms with Gasteiger partial charge in [0.15, 0.2) is 5.96 Å². The van der Waals surface area contributed by atoms with E-state index in [1.165, 1.54) is 20.1 Å². The standard InChI is InChI=1S/C27H40N6O6.ClH/c1-5-9-22(26(37)38-4)33-24(35)21(10-7-8-15-30-27(28)29)32-25(36)23(31-18(3)34)17-19-11-13-20(14-12-19)39-16-6-2;/h5-6,11-14,21-23H,1-2,7-10,15-17H2,3-4H3,(H,31,34)(H,32,36)(H,33,35)(H4,28,29,30);1H/t21-,22+,23+;/m1./s1. The molecule has 0 unspecified atom stereocenters. The Hall–Kier alpha value is -4.06. The second-order valence-corrected chi connectivity index (χ2v) is 8.67. The van der Waals surface area contributed by atoms with E-state index >= 15 is 0 Å². The lowest BCUT2D eigenvalue weighted by atomic mass is 10.0. The summed E-state index contributed by atoms with van der Waals surface area (Å²) in [6.45, 7) is 9.22. The average Bonchev–Trinajstić information content (AvgIpc) is 2.90. The number of hydrogen-bond donors (Lipinski definition) is 5. The van der Waals surface area contributed by atoms with Gasteiger partial charge in [-0.25, -0.2) is 4.79 Å². The van der Waals surface area contributed by atoms with Gasteiger partial charge in [-0.2, -0.15) is 0 Å². The van der Waals surface area contributed by atoms with Gasteiger partial charge in [0.2, 0.25) is 17.7 Å². The van der Waals surface area contributed by atoms with E-state index in [2.05, 4.69) is 34.1 Å². The number of methoxy groups -OCH3 is 1. The predicted molar refractivity (Wildman–Crippen MR) is 156 cm³/mol. The van der Waals surface area contributed by atoms with Gasteiger partial charge in [0.05, 0.1) is 7.11 Å². The smallest absolute Gasteiger partial charge is 0.328 e. The van der Waals surface area contributed by atoms with Crippen LogP contribution in [-0.4, -0.2) is 68.0 Å². The number of esters is 1. The molecule has 40 heavy (non-hydrogen) atoms. The Morgan fingerprint density at radius 2 is 1.57 bits per heavy atom. The highest BCUT2D eigenvalue weighted by atomic mass is 35.5. The fourth-order valence-electron chi connectivity index (χ4n) is 3.57. The van der Waals surface area contributed by atoms with Crippen LogP contribution in [0.4, 0.5) is 0 Å². The molecule has 1 aromatic rings. The number of halogens is 1. The van der Waals surface area contributed by atoms with Crippen LogP contribution in [0.15, 0.2) is 54.6 Å². The molecule has 7 N–H and O–H groups in total. The summed E-state index contributed by atoms with van der Waals surface area (Å²) in [5.41, 5.74) is 11.5. The second kappa shape index (κ2) is 19.9. The molecule has 0 radical (unpaired) electrons. The van der Waals surface area contributed by atoms with Crippen LogP contribution in [0.1, 0.15) is 38.2 Å². The normalized spacial score (nSPS) is 12.2. The maximum absolute atomic E-state index is 13.3. The summed E-state index contributed by atoms with van der Waals surface area (Å²) >= 11 is 0. The van der Waals surface area contributed by atoms with Crippen molar-refractivity contribution in [1.82, 2.24) is 16.0 Å². The number of aliphatic imine (C=N–C) groups is 1. The number of carbonyl (C=O) groups is 4. The van der Waals surface area contributed by atoms with Crippen LogP contribution in [-0.2, 0) is 30.3 Å². The molecule has 12 nitrogen and oxygen atoms in total. The zero-order valence-corrected chi connectivity index (χ0v) is 23.8. The van der Waals surface area contributed by atoms with Crippen molar-refractivity contribution < 1.29 is 28.7 Å².